The van der Waals surface area contributed by atoms with Gasteiger partial charge in [-0.15, -0.1) is 11.3 Å². The number of amides is 1. The second kappa shape index (κ2) is 5.79. The average Bonchev–Trinajstić information content (AvgIpc) is 2.96. The maximum absolute atomic E-state index is 11.8. The van der Waals surface area contributed by atoms with Gasteiger partial charge in [0.25, 0.3) is 5.91 Å². The number of carbonyl (C=O) groups is 1. The Bertz CT molecular complexity index is 505. The lowest BCUT2D eigenvalue weighted by molar-refractivity contribution is 0.0537. The zero-order valence-corrected chi connectivity index (χ0v) is 11.0. The van der Waals surface area contributed by atoms with Crippen LogP contribution in [0.4, 0.5) is 5.13 Å². The van der Waals surface area contributed by atoms with Crippen LogP contribution in [0, 0.1) is 0 Å². The van der Waals surface area contributed by atoms with Gasteiger partial charge in [-0.25, -0.2) is 4.98 Å². The summed E-state index contributed by atoms with van der Waals surface area (Å²) < 4.78 is 10.8. The number of aromatic nitrogens is 1. The Morgan fingerprint density at radius 3 is 3.06 bits per heavy atom. The second-order valence-corrected chi connectivity index (χ2v) is 4.81. The molecule has 0 aliphatic carbocycles. The predicted octanol–water partition coefficient (Wildman–Crippen LogP) is 2.91. The van der Waals surface area contributed by atoms with Gasteiger partial charge in [0.15, 0.2) is 10.9 Å². The zero-order valence-electron chi connectivity index (χ0n) is 10.2. The van der Waals surface area contributed by atoms with Gasteiger partial charge in [0.1, 0.15) is 12.4 Å². The van der Waals surface area contributed by atoms with Crippen LogP contribution >= 0.6 is 11.3 Å². The molecule has 5 nitrogen and oxygen atoms in total. The lowest BCUT2D eigenvalue weighted by atomic mass is 10.4. The van der Waals surface area contributed by atoms with E-state index in [9.17, 15) is 4.79 Å². The molecule has 2 aromatic rings. The number of nitrogens with one attached hydrogen (secondary N) is 1. The smallest absolute Gasteiger partial charge is 0.293 e. The van der Waals surface area contributed by atoms with Gasteiger partial charge in [0.05, 0.1) is 6.10 Å². The minimum Gasteiger partial charge on any atom is -0.453 e. The van der Waals surface area contributed by atoms with Crippen LogP contribution in [-0.4, -0.2) is 17.0 Å². The van der Waals surface area contributed by atoms with E-state index in [0.717, 1.165) is 0 Å². The SMILES string of the molecule is CC(C)OCc1ccc(C(=O)Nc2nccs2)o1. The van der Waals surface area contributed by atoms with Crippen LogP contribution in [0.15, 0.2) is 28.1 Å². The zero-order chi connectivity index (χ0) is 13.0. The first kappa shape index (κ1) is 12.8. The van der Waals surface area contributed by atoms with Crippen molar-refractivity contribution in [3.8, 4) is 0 Å². The molecular weight excluding hydrogens is 252 g/mol. The molecule has 0 bridgehead atoms. The second-order valence-electron chi connectivity index (χ2n) is 3.92. The molecule has 0 saturated carbocycles. The summed E-state index contributed by atoms with van der Waals surface area (Å²) in [6, 6.07) is 3.36. The molecule has 2 heterocycles. The number of ether oxygens (including phenoxy) is 1. The molecule has 6 heteroatoms. The van der Waals surface area contributed by atoms with Crippen LogP contribution < -0.4 is 5.32 Å². The highest BCUT2D eigenvalue weighted by atomic mass is 32.1. The van der Waals surface area contributed by atoms with E-state index in [0.29, 0.717) is 17.5 Å². The third kappa shape index (κ3) is 3.41. The highest BCUT2D eigenvalue weighted by Gasteiger charge is 2.12. The Hall–Kier alpha value is -1.66. The van der Waals surface area contributed by atoms with Gasteiger partial charge in [0.2, 0.25) is 0 Å². The predicted molar refractivity (Wildman–Crippen MR) is 68.7 cm³/mol. The molecular formula is C12H14N2O3S. The fraction of sp³-hybridized carbons (Fsp3) is 0.333. The highest BCUT2D eigenvalue weighted by molar-refractivity contribution is 7.13. The van der Waals surface area contributed by atoms with E-state index in [1.165, 1.54) is 11.3 Å². The van der Waals surface area contributed by atoms with Crippen molar-refractivity contribution in [2.75, 3.05) is 5.32 Å². The van der Waals surface area contributed by atoms with Crippen LogP contribution in [0.25, 0.3) is 0 Å². The van der Waals surface area contributed by atoms with E-state index in [2.05, 4.69) is 10.3 Å². The summed E-state index contributed by atoms with van der Waals surface area (Å²) in [6.07, 6.45) is 1.76. The molecule has 0 atom stereocenters. The molecule has 0 radical (unpaired) electrons. The quantitative estimate of drug-likeness (QED) is 0.903. The first-order valence-electron chi connectivity index (χ1n) is 5.56. The molecule has 0 fully saturated rings. The lowest BCUT2D eigenvalue weighted by Gasteiger charge is -2.04. The summed E-state index contributed by atoms with van der Waals surface area (Å²) in [5.41, 5.74) is 0. The van der Waals surface area contributed by atoms with Crippen molar-refractivity contribution in [3.63, 3.8) is 0 Å². The minimum atomic E-state index is -0.305. The standard InChI is InChI=1S/C12H14N2O3S/c1-8(2)16-7-9-3-4-10(17-9)11(15)14-12-13-5-6-18-12/h3-6,8H,7H2,1-2H3,(H,13,14,15). The van der Waals surface area contributed by atoms with E-state index in [-0.39, 0.29) is 17.8 Å². The van der Waals surface area contributed by atoms with Gasteiger partial charge in [0, 0.05) is 11.6 Å². The Balaban J connectivity index is 1.94. The summed E-state index contributed by atoms with van der Waals surface area (Å²) in [5.74, 6) is 0.585. The summed E-state index contributed by atoms with van der Waals surface area (Å²) >= 11 is 1.36. The number of rotatable bonds is 5. The molecule has 0 spiro atoms. The fourth-order valence-corrected chi connectivity index (χ4v) is 1.79. The van der Waals surface area contributed by atoms with Crippen LogP contribution in [0.2, 0.25) is 0 Å². The van der Waals surface area contributed by atoms with E-state index in [4.69, 9.17) is 9.15 Å². The summed E-state index contributed by atoms with van der Waals surface area (Å²) in [7, 11) is 0. The van der Waals surface area contributed by atoms with Crippen molar-refractivity contribution in [2.45, 2.75) is 26.6 Å². The number of anilines is 1. The molecule has 0 aromatic carbocycles. The molecule has 18 heavy (non-hydrogen) atoms. The number of nitrogens with zero attached hydrogens (tertiary/aromatic N) is 1. The molecule has 0 unspecified atom stereocenters. The van der Waals surface area contributed by atoms with Crippen molar-refractivity contribution in [2.24, 2.45) is 0 Å². The van der Waals surface area contributed by atoms with Crippen molar-refractivity contribution < 1.29 is 13.9 Å². The Morgan fingerprint density at radius 1 is 1.56 bits per heavy atom. The van der Waals surface area contributed by atoms with Gasteiger partial charge in [-0.2, -0.15) is 0 Å². The number of carbonyl (C=O) groups excluding carboxylic acids is 1. The molecule has 0 saturated heterocycles. The van der Waals surface area contributed by atoms with E-state index in [1.54, 1.807) is 23.7 Å². The first-order chi connectivity index (χ1) is 8.65. The normalized spacial score (nSPS) is 10.8. The summed E-state index contributed by atoms with van der Waals surface area (Å²) in [6.45, 7) is 4.25. The summed E-state index contributed by atoms with van der Waals surface area (Å²) in [5, 5.41) is 4.99. The van der Waals surface area contributed by atoms with Crippen molar-refractivity contribution in [3.05, 3.63) is 35.2 Å². The Labute approximate surface area is 109 Å². The van der Waals surface area contributed by atoms with Gasteiger partial charge in [-0.05, 0) is 26.0 Å². The maximum Gasteiger partial charge on any atom is 0.293 e. The van der Waals surface area contributed by atoms with E-state index < -0.39 is 0 Å². The average molecular weight is 266 g/mol. The molecule has 96 valence electrons. The molecule has 1 amide bonds. The van der Waals surface area contributed by atoms with Crippen LogP contribution in [0.3, 0.4) is 0 Å². The van der Waals surface area contributed by atoms with Crippen LogP contribution in [0.5, 0.6) is 0 Å². The molecule has 1 N–H and O–H groups in total. The van der Waals surface area contributed by atoms with E-state index >= 15 is 0 Å². The van der Waals surface area contributed by atoms with Crippen LogP contribution in [0.1, 0.15) is 30.2 Å². The Kier molecular flexibility index (Phi) is 4.11. The summed E-state index contributed by atoms with van der Waals surface area (Å²) in [4.78, 5) is 15.8. The maximum atomic E-state index is 11.8. The fourth-order valence-electron chi connectivity index (χ4n) is 1.27. The number of hydrogen-bond donors (Lipinski definition) is 1. The van der Waals surface area contributed by atoms with E-state index in [1.807, 2.05) is 13.8 Å². The monoisotopic (exact) mass is 266 g/mol. The topological polar surface area (TPSA) is 64.4 Å². The molecule has 2 rings (SSSR count). The molecule has 0 aliphatic heterocycles. The Morgan fingerprint density at radius 2 is 2.39 bits per heavy atom. The third-order valence-electron chi connectivity index (χ3n) is 2.10. The first-order valence-corrected chi connectivity index (χ1v) is 6.44. The van der Waals surface area contributed by atoms with Gasteiger partial charge in [-0.3, -0.25) is 10.1 Å². The van der Waals surface area contributed by atoms with Gasteiger partial charge >= 0.3 is 0 Å². The van der Waals surface area contributed by atoms with Gasteiger partial charge in [-0.1, -0.05) is 0 Å². The van der Waals surface area contributed by atoms with Crippen LogP contribution in [-0.2, 0) is 11.3 Å². The number of furan rings is 1. The minimum absolute atomic E-state index is 0.127. The number of hydrogen-bond acceptors (Lipinski definition) is 5. The lowest BCUT2D eigenvalue weighted by Crippen LogP contribution is -2.10. The van der Waals surface area contributed by atoms with Crippen molar-refractivity contribution in [1.29, 1.82) is 0 Å². The van der Waals surface area contributed by atoms with Gasteiger partial charge < -0.3 is 9.15 Å². The third-order valence-corrected chi connectivity index (χ3v) is 2.79. The van der Waals surface area contributed by atoms with Crippen molar-refractivity contribution in [1.82, 2.24) is 4.98 Å². The number of thiazole rings is 1. The molecule has 0 aliphatic rings. The molecule has 2 aromatic heterocycles. The highest BCUT2D eigenvalue weighted by Crippen LogP contribution is 2.15. The largest absolute Gasteiger partial charge is 0.453 e. The van der Waals surface area contributed by atoms with Crippen molar-refractivity contribution >= 4 is 22.4 Å².